The highest BCUT2D eigenvalue weighted by molar-refractivity contribution is 6.38. The molecule has 2 aromatic carbocycles. The normalized spacial score (nSPS) is 26.5. The van der Waals surface area contributed by atoms with Crippen molar-refractivity contribution in [2.75, 3.05) is 46.0 Å². The van der Waals surface area contributed by atoms with Crippen molar-refractivity contribution in [3.05, 3.63) is 87.9 Å². The fraction of sp³-hybridized carbons (Fsp3) is 0.556. The second kappa shape index (κ2) is 17.4. The van der Waals surface area contributed by atoms with Gasteiger partial charge >= 0.3 is 0 Å². The maximum Gasteiger partial charge on any atom is 0.211 e. The van der Waals surface area contributed by atoms with Crippen molar-refractivity contribution in [1.82, 2.24) is 9.80 Å². The Morgan fingerprint density at radius 1 is 1.17 bits per heavy atom. The molecule has 0 saturated carbocycles. The number of benzene rings is 2. The van der Waals surface area contributed by atoms with Crippen LogP contribution in [-0.4, -0.2) is 83.6 Å². The molecule has 3 atom stereocenters. The maximum atomic E-state index is 17.1. The average Bonchev–Trinajstić information content (AvgIpc) is 3.57. The van der Waals surface area contributed by atoms with Crippen molar-refractivity contribution >= 4 is 27.9 Å². The fourth-order valence-corrected chi connectivity index (χ4v) is 8.60. The largest absolute Gasteiger partial charge is 0.476 e. The van der Waals surface area contributed by atoms with Crippen LogP contribution in [0, 0.1) is 23.1 Å². The van der Waals surface area contributed by atoms with Crippen LogP contribution in [0.2, 0.25) is 0 Å². The molecule has 3 unspecified atom stereocenters. The number of ether oxygens (including phenoxy) is 2. The van der Waals surface area contributed by atoms with Crippen molar-refractivity contribution in [3.63, 3.8) is 0 Å². The van der Waals surface area contributed by atoms with Gasteiger partial charge in [0.1, 0.15) is 29.7 Å². The van der Waals surface area contributed by atoms with Crippen LogP contribution >= 0.6 is 0 Å². The standard InChI is InChI=1S/C41H52F2N4O3.C4H10/c1-7-12-33(50-25-41-17-11-18-47(41)22-26(4)21-41)45-39(46-19-20-49-24-40(6,48)23-46)34-27(5)37(43)36(38(44)30(34)9-3)31-14-10-13-28-15-16-32(42)29(8-2)35(28)31;1-4(2)3/h9-10,12-16,26,44,48H,7-8,11,17-25H2,1-6H3;4H,1-3H3/b30-9-,33-12-,44-38?,45-39+;. The van der Waals surface area contributed by atoms with Gasteiger partial charge in [0, 0.05) is 29.8 Å². The second-order valence-electron chi connectivity index (χ2n) is 16.5. The Hall–Kier alpha value is -3.66. The summed E-state index contributed by atoms with van der Waals surface area (Å²) in [4.78, 5) is 9.68. The molecule has 54 heavy (non-hydrogen) atoms. The molecular weight excluding hydrogens is 683 g/mol. The summed E-state index contributed by atoms with van der Waals surface area (Å²) in [6.07, 6.45) is 8.19. The van der Waals surface area contributed by atoms with E-state index in [9.17, 15) is 10.5 Å². The van der Waals surface area contributed by atoms with Crippen molar-refractivity contribution in [3.8, 4) is 0 Å². The van der Waals surface area contributed by atoms with E-state index in [0.29, 0.717) is 83.5 Å². The van der Waals surface area contributed by atoms with Gasteiger partial charge in [-0.05, 0) is 111 Å². The molecule has 3 aliphatic heterocycles. The van der Waals surface area contributed by atoms with Gasteiger partial charge < -0.3 is 19.5 Å². The van der Waals surface area contributed by atoms with E-state index < -0.39 is 11.4 Å². The predicted octanol–water partition coefficient (Wildman–Crippen LogP) is 9.80. The Kier molecular flexibility index (Phi) is 13.4. The van der Waals surface area contributed by atoms with Gasteiger partial charge in [-0.3, -0.25) is 10.3 Å². The smallest absolute Gasteiger partial charge is 0.211 e. The summed E-state index contributed by atoms with van der Waals surface area (Å²) in [5.41, 5.74) is 1.21. The number of β-amino-alcohol motifs (C(OH)–C–C–N with tert-alkyl or cyclic N) is 1. The van der Waals surface area contributed by atoms with Gasteiger partial charge in [-0.2, -0.15) is 4.99 Å². The van der Waals surface area contributed by atoms with Crippen LogP contribution < -0.4 is 0 Å². The van der Waals surface area contributed by atoms with Gasteiger partial charge in [0.2, 0.25) is 5.88 Å². The summed E-state index contributed by atoms with van der Waals surface area (Å²) in [5.74, 6) is 1.41. The minimum absolute atomic E-state index is 0.00249. The van der Waals surface area contributed by atoms with Crippen LogP contribution in [0.15, 0.2) is 75.9 Å². The van der Waals surface area contributed by atoms with Gasteiger partial charge in [0.25, 0.3) is 0 Å². The third-order valence-electron chi connectivity index (χ3n) is 10.8. The zero-order chi connectivity index (χ0) is 39.4. The van der Waals surface area contributed by atoms with E-state index >= 15 is 8.78 Å². The highest BCUT2D eigenvalue weighted by Crippen LogP contribution is 2.44. The fourth-order valence-electron chi connectivity index (χ4n) is 8.60. The second-order valence-corrected chi connectivity index (χ2v) is 16.5. The van der Waals surface area contributed by atoms with Gasteiger partial charge in [-0.25, -0.2) is 8.78 Å². The van der Waals surface area contributed by atoms with E-state index in [1.807, 2.05) is 50.0 Å². The SMILES string of the molecule is C/C=C1\C(=N)C(c2cccc3ccc(F)c(CC)c23)=C(F)C(C)=C1/C(=N\C(=C\CC)OCC12CCCN1CC(C)C2)N1CCOCC(C)(O)C1.CC(C)C. The number of aliphatic hydroxyl groups is 1. The minimum atomic E-state index is -1.19. The molecule has 0 amide bonds. The van der Waals surface area contributed by atoms with E-state index in [1.54, 1.807) is 26.0 Å². The number of amidine groups is 1. The summed E-state index contributed by atoms with van der Waals surface area (Å²) >= 11 is 0. The molecule has 2 aromatic rings. The number of hydrogen-bond donors (Lipinski definition) is 2. The first kappa shape index (κ1) is 41.5. The van der Waals surface area contributed by atoms with E-state index in [0.717, 1.165) is 43.7 Å². The predicted molar refractivity (Wildman–Crippen MR) is 218 cm³/mol. The molecule has 4 aliphatic rings. The zero-order valence-corrected chi connectivity index (χ0v) is 34.0. The molecule has 2 N–H and O–H groups in total. The Balaban J connectivity index is 0.00000133. The molecule has 6 rings (SSSR count). The lowest BCUT2D eigenvalue weighted by Gasteiger charge is -2.35. The van der Waals surface area contributed by atoms with Crippen LogP contribution in [0.25, 0.3) is 16.3 Å². The van der Waals surface area contributed by atoms with Crippen molar-refractivity contribution in [2.45, 2.75) is 106 Å². The molecule has 0 aromatic heterocycles. The average molecular weight is 745 g/mol. The number of rotatable bonds is 8. The molecule has 9 heteroatoms. The van der Waals surface area contributed by atoms with Crippen molar-refractivity contribution in [2.24, 2.45) is 16.8 Å². The maximum absolute atomic E-state index is 17.1. The van der Waals surface area contributed by atoms with Crippen LogP contribution in [0.5, 0.6) is 0 Å². The lowest BCUT2D eigenvalue weighted by Crippen LogP contribution is -2.46. The molecule has 3 heterocycles. The summed E-state index contributed by atoms with van der Waals surface area (Å²) in [5, 5.41) is 22.2. The Morgan fingerprint density at radius 2 is 1.91 bits per heavy atom. The van der Waals surface area contributed by atoms with E-state index in [4.69, 9.17) is 14.5 Å². The van der Waals surface area contributed by atoms with Crippen molar-refractivity contribution < 1.29 is 23.4 Å². The van der Waals surface area contributed by atoms with Gasteiger partial charge in [-0.15, -0.1) is 0 Å². The number of fused-ring (bicyclic) bond motifs is 2. The molecule has 3 fully saturated rings. The summed E-state index contributed by atoms with van der Waals surface area (Å²) in [6.45, 7) is 21.8. The Labute approximate surface area is 322 Å². The lowest BCUT2D eigenvalue weighted by molar-refractivity contribution is -0.0180. The van der Waals surface area contributed by atoms with Crippen LogP contribution in [0.3, 0.4) is 0 Å². The van der Waals surface area contributed by atoms with Crippen LogP contribution in [-0.2, 0) is 15.9 Å². The minimum Gasteiger partial charge on any atom is -0.476 e. The molecule has 0 spiro atoms. The third kappa shape index (κ3) is 8.74. The number of nitrogens with zero attached hydrogens (tertiary/aromatic N) is 3. The number of hydrogen-bond acceptors (Lipinski definition) is 6. The van der Waals surface area contributed by atoms with Gasteiger partial charge in [-0.1, -0.05) is 71.9 Å². The zero-order valence-electron chi connectivity index (χ0n) is 34.0. The number of nitrogens with one attached hydrogen (secondary N) is 1. The third-order valence-corrected chi connectivity index (χ3v) is 10.8. The van der Waals surface area contributed by atoms with E-state index in [1.165, 1.54) is 6.07 Å². The monoisotopic (exact) mass is 744 g/mol. The number of allylic oxidation sites excluding steroid dienone is 5. The Bertz CT molecular complexity index is 1870. The molecule has 3 saturated heterocycles. The first-order chi connectivity index (χ1) is 25.7. The number of aryl methyl sites for hydroxylation is 1. The molecule has 1 aliphatic carbocycles. The van der Waals surface area contributed by atoms with Crippen molar-refractivity contribution in [1.29, 1.82) is 5.41 Å². The lowest BCUT2D eigenvalue weighted by atomic mass is 9.80. The Morgan fingerprint density at radius 3 is 2.59 bits per heavy atom. The molecule has 294 valence electrons. The van der Waals surface area contributed by atoms with Gasteiger partial charge in [0.05, 0.1) is 31.0 Å². The number of aliphatic imine (C=N–C) groups is 1. The van der Waals surface area contributed by atoms with Gasteiger partial charge in [0.15, 0.2) is 0 Å². The van der Waals surface area contributed by atoms with E-state index in [2.05, 4.69) is 32.6 Å². The summed E-state index contributed by atoms with van der Waals surface area (Å²) < 4.78 is 44.7. The highest BCUT2D eigenvalue weighted by atomic mass is 19.1. The van der Waals surface area contributed by atoms with Crippen LogP contribution in [0.4, 0.5) is 8.78 Å². The summed E-state index contributed by atoms with van der Waals surface area (Å²) in [7, 11) is 0. The molecule has 0 bridgehead atoms. The summed E-state index contributed by atoms with van der Waals surface area (Å²) in [6, 6.07) is 8.65. The highest BCUT2D eigenvalue weighted by Gasteiger charge is 2.48. The quantitative estimate of drug-likeness (QED) is 0.160. The van der Waals surface area contributed by atoms with E-state index in [-0.39, 0.29) is 35.8 Å². The van der Waals surface area contributed by atoms with Crippen LogP contribution in [0.1, 0.15) is 99.1 Å². The molecule has 7 nitrogen and oxygen atoms in total. The molecular formula is C45H62F2N4O3. The first-order valence-corrected chi connectivity index (χ1v) is 20.0. The number of halogens is 2. The first-order valence-electron chi connectivity index (χ1n) is 20.0. The topological polar surface area (TPSA) is 81.4 Å². The molecule has 0 radical (unpaired) electrons.